The SMILES string of the molecule is Cc1cc(-c2noc(-c3ccc4c(c3)CCCC4N)n2)ccc1F. The number of benzene rings is 2. The van der Waals surface area contributed by atoms with Gasteiger partial charge >= 0.3 is 0 Å². The number of nitrogens with two attached hydrogens (primary N) is 1. The minimum Gasteiger partial charge on any atom is -0.334 e. The predicted molar refractivity (Wildman–Crippen MR) is 89.7 cm³/mol. The van der Waals surface area contributed by atoms with E-state index in [2.05, 4.69) is 22.3 Å². The molecule has 0 saturated heterocycles. The minimum atomic E-state index is -0.242. The Labute approximate surface area is 139 Å². The molecule has 1 aliphatic rings. The largest absolute Gasteiger partial charge is 0.334 e. The fourth-order valence-corrected chi connectivity index (χ4v) is 3.23. The number of hydrogen-bond donors (Lipinski definition) is 1. The maximum atomic E-state index is 13.4. The van der Waals surface area contributed by atoms with E-state index >= 15 is 0 Å². The highest BCUT2D eigenvalue weighted by atomic mass is 19.1. The maximum Gasteiger partial charge on any atom is 0.258 e. The quantitative estimate of drug-likeness (QED) is 0.768. The van der Waals surface area contributed by atoms with Crippen molar-refractivity contribution in [3.8, 4) is 22.8 Å². The average molecular weight is 323 g/mol. The first-order chi connectivity index (χ1) is 11.6. The monoisotopic (exact) mass is 323 g/mol. The fourth-order valence-electron chi connectivity index (χ4n) is 3.23. The number of halogens is 1. The summed E-state index contributed by atoms with van der Waals surface area (Å²) in [6.07, 6.45) is 3.15. The number of hydrogen-bond acceptors (Lipinski definition) is 4. The van der Waals surface area contributed by atoms with E-state index in [1.54, 1.807) is 19.1 Å². The van der Waals surface area contributed by atoms with E-state index < -0.39 is 0 Å². The van der Waals surface area contributed by atoms with Crippen molar-refractivity contribution in [2.45, 2.75) is 32.2 Å². The molecule has 122 valence electrons. The molecule has 0 fully saturated rings. The lowest BCUT2D eigenvalue weighted by Crippen LogP contribution is -2.17. The third kappa shape index (κ3) is 2.61. The minimum absolute atomic E-state index is 0.114. The summed E-state index contributed by atoms with van der Waals surface area (Å²) in [7, 11) is 0. The van der Waals surface area contributed by atoms with E-state index in [-0.39, 0.29) is 11.9 Å². The number of rotatable bonds is 2. The molecule has 1 heterocycles. The molecule has 2 aromatic carbocycles. The normalized spacial score (nSPS) is 16.9. The van der Waals surface area contributed by atoms with E-state index in [0.717, 1.165) is 30.4 Å². The Morgan fingerprint density at radius 2 is 2.00 bits per heavy atom. The van der Waals surface area contributed by atoms with Gasteiger partial charge in [0.2, 0.25) is 5.82 Å². The molecule has 1 aliphatic carbocycles. The van der Waals surface area contributed by atoms with Gasteiger partial charge in [-0.15, -0.1) is 0 Å². The molecule has 0 amide bonds. The van der Waals surface area contributed by atoms with Crippen LogP contribution in [0.1, 0.15) is 35.6 Å². The summed E-state index contributed by atoms with van der Waals surface area (Å²) in [6.45, 7) is 1.71. The zero-order valence-electron chi connectivity index (χ0n) is 13.4. The Morgan fingerprint density at radius 1 is 1.17 bits per heavy atom. The lowest BCUT2D eigenvalue weighted by Gasteiger charge is -2.22. The van der Waals surface area contributed by atoms with Crippen LogP contribution in [0.4, 0.5) is 4.39 Å². The molecule has 4 nitrogen and oxygen atoms in total. The molecular formula is C19H18FN3O. The van der Waals surface area contributed by atoms with Gasteiger partial charge in [0.15, 0.2) is 0 Å². The summed E-state index contributed by atoms with van der Waals surface area (Å²) in [6, 6.07) is 11.0. The lowest BCUT2D eigenvalue weighted by molar-refractivity contribution is 0.432. The van der Waals surface area contributed by atoms with Crippen molar-refractivity contribution in [1.82, 2.24) is 10.1 Å². The van der Waals surface area contributed by atoms with Gasteiger partial charge in [0.05, 0.1) is 0 Å². The van der Waals surface area contributed by atoms with Gasteiger partial charge in [0, 0.05) is 17.2 Å². The smallest absolute Gasteiger partial charge is 0.258 e. The van der Waals surface area contributed by atoms with Crippen LogP contribution in [-0.2, 0) is 6.42 Å². The van der Waals surface area contributed by atoms with Gasteiger partial charge in [-0.3, -0.25) is 0 Å². The summed E-state index contributed by atoms with van der Waals surface area (Å²) in [5.41, 5.74) is 10.8. The molecule has 0 bridgehead atoms. The molecule has 1 aromatic heterocycles. The zero-order valence-corrected chi connectivity index (χ0v) is 13.4. The molecular weight excluding hydrogens is 305 g/mol. The molecule has 0 spiro atoms. The third-order valence-corrected chi connectivity index (χ3v) is 4.59. The van der Waals surface area contributed by atoms with Gasteiger partial charge in [-0.25, -0.2) is 4.39 Å². The second-order valence-electron chi connectivity index (χ2n) is 6.30. The molecule has 0 aliphatic heterocycles. The molecule has 5 heteroatoms. The van der Waals surface area contributed by atoms with E-state index in [4.69, 9.17) is 10.3 Å². The Kier molecular flexibility index (Phi) is 3.65. The van der Waals surface area contributed by atoms with Crippen LogP contribution in [0, 0.1) is 12.7 Å². The molecule has 4 rings (SSSR count). The van der Waals surface area contributed by atoms with Gasteiger partial charge in [-0.05, 0) is 73.2 Å². The maximum absolute atomic E-state index is 13.4. The topological polar surface area (TPSA) is 64.9 Å². The predicted octanol–water partition coefficient (Wildman–Crippen LogP) is 4.19. The number of nitrogens with zero attached hydrogens (tertiary/aromatic N) is 2. The Hall–Kier alpha value is -2.53. The molecule has 0 saturated carbocycles. The van der Waals surface area contributed by atoms with Crippen molar-refractivity contribution in [3.05, 3.63) is 58.9 Å². The summed E-state index contributed by atoms with van der Waals surface area (Å²) in [4.78, 5) is 4.46. The lowest BCUT2D eigenvalue weighted by atomic mass is 9.87. The van der Waals surface area contributed by atoms with Crippen molar-refractivity contribution >= 4 is 0 Å². The molecule has 0 radical (unpaired) electrons. The first-order valence-corrected chi connectivity index (χ1v) is 8.11. The van der Waals surface area contributed by atoms with Crippen LogP contribution in [0.15, 0.2) is 40.9 Å². The van der Waals surface area contributed by atoms with E-state index in [1.165, 1.54) is 17.2 Å². The van der Waals surface area contributed by atoms with Crippen molar-refractivity contribution in [3.63, 3.8) is 0 Å². The van der Waals surface area contributed by atoms with Gasteiger partial charge in [0.1, 0.15) is 5.82 Å². The van der Waals surface area contributed by atoms with E-state index in [0.29, 0.717) is 17.3 Å². The van der Waals surface area contributed by atoms with Crippen LogP contribution < -0.4 is 5.73 Å². The Morgan fingerprint density at radius 3 is 2.83 bits per heavy atom. The van der Waals surface area contributed by atoms with Gasteiger partial charge in [-0.1, -0.05) is 11.2 Å². The third-order valence-electron chi connectivity index (χ3n) is 4.59. The summed E-state index contributed by atoms with van der Waals surface area (Å²) < 4.78 is 18.8. The second-order valence-corrected chi connectivity index (χ2v) is 6.30. The Bertz CT molecular complexity index is 903. The summed E-state index contributed by atoms with van der Waals surface area (Å²) >= 11 is 0. The van der Waals surface area contributed by atoms with Gasteiger partial charge in [0.25, 0.3) is 5.89 Å². The van der Waals surface area contributed by atoms with Crippen LogP contribution in [0.2, 0.25) is 0 Å². The van der Waals surface area contributed by atoms with Crippen molar-refractivity contribution < 1.29 is 8.91 Å². The molecule has 2 N–H and O–H groups in total. The number of aromatic nitrogens is 2. The van der Waals surface area contributed by atoms with Crippen molar-refractivity contribution in [2.24, 2.45) is 5.73 Å². The van der Waals surface area contributed by atoms with E-state index in [9.17, 15) is 4.39 Å². The van der Waals surface area contributed by atoms with Crippen molar-refractivity contribution in [2.75, 3.05) is 0 Å². The molecule has 24 heavy (non-hydrogen) atoms. The molecule has 1 atom stereocenters. The van der Waals surface area contributed by atoms with E-state index in [1.807, 2.05) is 6.07 Å². The number of aryl methyl sites for hydroxylation is 2. The first-order valence-electron chi connectivity index (χ1n) is 8.11. The fraction of sp³-hybridized carbons (Fsp3) is 0.263. The first kappa shape index (κ1) is 15.0. The van der Waals surface area contributed by atoms with Crippen LogP contribution in [-0.4, -0.2) is 10.1 Å². The Balaban J connectivity index is 1.69. The highest BCUT2D eigenvalue weighted by Crippen LogP contribution is 2.31. The summed E-state index contributed by atoms with van der Waals surface area (Å²) in [5, 5.41) is 4.03. The van der Waals surface area contributed by atoms with Crippen molar-refractivity contribution in [1.29, 1.82) is 0 Å². The van der Waals surface area contributed by atoms with Crippen LogP contribution >= 0.6 is 0 Å². The average Bonchev–Trinajstić information content (AvgIpc) is 3.07. The molecule has 1 unspecified atom stereocenters. The molecule has 3 aromatic rings. The standard InChI is InChI=1S/C19H18FN3O/c1-11-9-13(6-8-16(11)20)18-22-19(24-23-18)14-5-7-15-12(10-14)3-2-4-17(15)21/h5-10,17H,2-4,21H2,1H3. The van der Waals surface area contributed by atoms with Gasteiger partial charge in [-0.2, -0.15) is 4.98 Å². The van der Waals surface area contributed by atoms with Gasteiger partial charge < -0.3 is 10.3 Å². The zero-order chi connectivity index (χ0) is 16.7. The van der Waals surface area contributed by atoms with Crippen LogP contribution in [0.5, 0.6) is 0 Å². The highest BCUT2D eigenvalue weighted by molar-refractivity contribution is 5.61. The summed E-state index contributed by atoms with van der Waals surface area (Å²) in [5.74, 6) is 0.685. The van der Waals surface area contributed by atoms with Crippen LogP contribution in [0.25, 0.3) is 22.8 Å². The van der Waals surface area contributed by atoms with Crippen LogP contribution in [0.3, 0.4) is 0 Å². The highest BCUT2D eigenvalue weighted by Gasteiger charge is 2.19. The second kappa shape index (κ2) is 5.83. The number of fused-ring (bicyclic) bond motifs is 1.